The van der Waals surface area contributed by atoms with E-state index in [0.717, 1.165) is 30.5 Å². The van der Waals surface area contributed by atoms with Crippen molar-refractivity contribution in [1.82, 2.24) is 5.32 Å². The first-order valence-electron chi connectivity index (χ1n) is 10.2. The molecule has 1 amide bonds. The van der Waals surface area contributed by atoms with Crippen LogP contribution in [0.1, 0.15) is 27.0 Å². The number of nitrogens with one attached hydrogen (secondary N) is 1. The Bertz CT molecular complexity index is 1100. The van der Waals surface area contributed by atoms with Crippen LogP contribution in [0.25, 0.3) is 11.1 Å². The van der Waals surface area contributed by atoms with Gasteiger partial charge in [0.15, 0.2) is 0 Å². The number of carbonyl (C=O) groups is 2. The number of aliphatic carboxylic acids is 1. The van der Waals surface area contributed by atoms with Crippen LogP contribution in [-0.4, -0.2) is 29.2 Å². The zero-order valence-electron chi connectivity index (χ0n) is 17.6. The van der Waals surface area contributed by atoms with Crippen molar-refractivity contribution in [3.8, 4) is 11.1 Å². The number of benzene rings is 3. The van der Waals surface area contributed by atoms with Gasteiger partial charge in [-0.05, 0) is 52.8 Å². The predicted molar refractivity (Wildman–Crippen MR) is 119 cm³/mol. The van der Waals surface area contributed by atoms with Crippen molar-refractivity contribution >= 4 is 11.9 Å². The molecule has 0 heterocycles. The van der Waals surface area contributed by atoms with E-state index in [1.807, 2.05) is 18.2 Å². The lowest BCUT2D eigenvalue weighted by molar-refractivity contribution is -0.192. The molecule has 0 fully saturated rings. The molecular formula is C25H23F3N2O3. The average molecular weight is 456 g/mol. The molecule has 0 saturated heterocycles. The highest BCUT2D eigenvalue weighted by molar-refractivity contribution is 5.94. The Morgan fingerprint density at radius 3 is 2.00 bits per heavy atom. The highest BCUT2D eigenvalue weighted by atomic mass is 19.4. The van der Waals surface area contributed by atoms with E-state index in [1.54, 1.807) is 6.07 Å². The van der Waals surface area contributed by atoms with Gasteiger partial charge >= 0.3 is 12.1 Å². The molecule has 0 spiro atoms. The molecule has 0 aromatic heterocycles. The minimum Gasteiger partial charge on any atom is -0.475 e. The minimum atomic E-state index is -5.08. The van der Waals surface area contributed by atoms with Gasteiger partial charge in [-0.15, -0.1) is 0 Å². The fourth-order valence-corrected chi connectivity index (χ4v) is 3.63. The maximum atomic E-state index is 11.3. The summed E-state index contributed by atoms with van der Waals surface area (Å²) in [6, 6.07) is 25.1. The Morgan fingerprint density at radius 2 is 1.48 bits per heavy atom. The Kier molecular flexibility index (Phi) is 7.50. The van der Waals surface area contributed by atoms with Gasteiger partial charge in [0, 0.05) is 18.2 Å². The predicted octanol–water partition coefficient (Wildman–Crippen LogP) is 4.34. The standard InChI is InChI=1S/C23H22N2O.C2HF3O2/c24-23(26)21-7-3-6-18(12-21)17-10-8-16(9-11-17)15-25-22-13-19-4-1-2-5-20(19)14-22;3-2(4,5)1(6)7/h1-12,22,25H,13-15H2,(H2,24,26);(H,6,7). The zero-order chi connectivity index (χ0) is 24.0. The van der Waals surface area contributed by atoms with Gasteiger partial charge in [-0.3, -0.25) is 4.79 Å². The number of carboxylic acids is 1. The molecule has 1 aliphatic rings. The quantitative estimate of drug-likeness (QED) is 0.533. The maximum absolute atomic E-state index is 11.3. The van der Waals surface area contributed by atoms with Gasteiger partial charge in [-0.25, -0.2) is 4.79 Å². The number of hydrogen-bond donors (Lipinski definition) is 3. The van der Waals surface area contributed by atoms with Gasteiger partial charge in [0.25, 0.3) is 0 Å². The van der Waals surface area contributed by atoms with Gasteiger partial charge in [-0.2, -0.15) is 13.2 Å². The molecule has 5 nitrogen and oxygen atoms in total. The first-order valence-corrected chi connectivity index (χ1v) is 10.2. The normalized spacial score (nSPS) is 13.1. The molecule has 4 N–H and O–H groups in total. The van der Waals surface area contributed by atoms with Crippen molar-refractivity contribution in [2.45, 2.75) is 31.6 Å². The molecule has 0 aliphatic heterocycles. The van der Waals surface area contributed by atoms with Gasteiger partial charge in [-0.1, -0.05) is 60.7 Å². The molecule has 0 bridgehead atoms. The monoisotopic (exact) mass is 456 g/mol. The van der Waals surface area contributed by atoms with Crippen LogP contribution in [-0.2, 0) is 24.2 Å². The van der Waals surface area contributed by atoms with E-state index in [0.29, 0.717) is 11.6 Å². The molecule has 8 heteroatoms. The van der Waals surface area contributed by atoms with Crippen molar-refractivity contribution in [3.05, 3.63) is 95.1 Å². The van der Waals surface area contributed by atoms with Crippen molar-refractivity contribution in [2.75, 3.05) is 0 Å². The second-order valence-corrected chi connectivity index (χ2v) is 7.70. The molecule has 0 saturated carbocycles. The molecule has 0 radical (unpaired) electrons. The number of amides is 1. The number of rotatable bonds is 5. The maximum Gasteiger partial charge on any atom is 0.490 e. The van der Waals surface area contributed by atoms with Crippen LogP contribution in [0, 0.1) is 0 Å². The van der Waals surface area contributed by atoms with Crippen molar-refractivity contribution in [2.24, 2.45) is 5.73 Å². The first kappa shape index (κ1) is 24.0. The van der Waals surface area contributed by atoms with Gasteiger partial charge < -0.3 is 16.2 Å². The van der Waals surface area contributed by atoms with Gasteiger partial charge in [0.05, 0.1) is 0 Å². The summed E-state index contributed by atoms with van der Waals surface area (Å²) < 4.78 is 31.7. The summed E-state index contributed by atoms with van der Waals surface area (Å²) in [4.78, 5) is 20.2. The van der Waals surface area contributed by atoms with Crippen LogP contribution in [0.5, 0.6) is 0 Å². The molecule has 172 valence electrons. The molecule has 3 aromatic rings. The van der Waals surface area contributed by atoms with E-state index in [9.17, 15) is 18.0 Å². The van der Waals surface area contributed by atoms with Crippen molar-refractivity contribution in [3.63, 3.8) is 0 Å². The molecule has 0 atom stereocenters. The lowest BCUT2D eigenvalue weighted by Crippen LogP contribution is -2.28. The smallest absolute Gasteiger partial charge is 0.475 e. The van der Waals surface area contributed by atoms with E-state index in [2.05, 4.69) is 53.8 Å². The highest BCUT2D eigenvalue weighted by Gasteiger charge is 2.38. The van der Waals surface area contributed by atoms with Crippen molar-refractivity contribution < 1.29 is 27.9 Å². The lowest BCUT2D eigenvalue weighted by Gasteiger charge is -2.12. The molecule has 1 aliphatic carbocycles. The summed E-state index contributed by atoms with van der Waals surface area (Å²) in [5.74, 6) is -3.15. The molecule has 4 rings (SSSR count). The number of nitrogens with two attached hydrogens (primary N) is 1. The number of alkyl halides is 3. The molecule has 0 unspecified atom stereocenters. The van der Waals surface area contributed by atoms with E-state index >= 15 is 0 Å². The van der Waals surface area contributed by atoms with Crippen LogP contribution in [0.2, 0.25) is 0 Å². The summed E-state index contributed by atoms with van der Waals surface area (Å²) in [6.45, 7) is 0.861. The minimum absolute atomic E-state index is 0.398. The van der Waals surface area contributed by atoms with Crippen LogP contribution >= 0.6 is 0 Å². The third-order valence-electron chi connectivity index (χ3n) is 5.32. The summed E-state index contributed by atoms with van der Waals surface area (Å²) in [6.07, 6.45) is -2.87. The second kappa shape index (κ2) is 10.3. The lowest BCUT2D eigenvalue weighted by atomic mass is 10.0. The van der Waals surface area contributed by atoms with E-state index in [-0.39, 0.29) is 0 Å². The number of carboxylic acid groups (broad SMARTS) is 1. The Labute approximate surface area is 189 Å². The number of halogens is 3. The summed E-state index contributed by atoms with van der Waals surface area (Å²) in [5.41, 5.74) is 12.2. The van der Waals surface area contributed by atoms with Crippen LogP contribution in [0.3, 0.4) is 0 Å². The SMILES string of the molecule is NC(=O)c1cccc(-c2ccc(CNC3Cc4ccccc4C3)cc2)c1.O=C(O)C(F)(F)F. The van der Waals surface area contributed by atoms with E-state index in [4.69, 9.17) is 15.6 Å². The van der Waals surface area contributed by atoms with Crippen LogP contribution < -0.4 is 11.1 Å². The summed E-state index contributed by atoms with van der Waals surface area (Å²) >= 11 is 0. The summed E-state index contributed by atoms with van der Waals surface area (Å²) in [5, 5.41) is 10.8. The Hall–Kier alpha value is -3.65. The van der Waals surface area contributed by atoms with Crippen LogP contribution in [0.15, 0.2) is 72.8 Å². The van der Waals surface area contributed by atoms with E-state index < -0.39 is 18.1 Å². The third kappa shape index (κ3) is 6.66. The molecule has 3 aromatic carbocycles. The summed E-state index contributed by atoms with van der Waals surface area (Å²) in [7, 11) is 0. The fraction of sp³-hybridized carbons (Fsp3) is 0.200. The largest absolute Gasteiger partial charge is 0.490 e. The third-order valence-corrected chi connectivity index (χ3v) is 5.32. The Balaban J connectivity index is 0.000000383. The first-order chi connectivity index (χ1) is 15.6. The number of hydrogen-bond acceptors (Lipinski definition) is 3. The van der Waals surface area contributed by atoms with Gasteiger partial charge in [0.1, 0.15) is 0 Å². The zero-order valence-corrected chi connectivity index (χ0v) is 17.6. The molecule has 33 heavy (non-hydrogen) atoms. The molecular weight excluding hydrogens is 433 g/mol. The second-order valence-electron chi connectivity index (χ2n) is 7.70. The van der Waals surface area contributed by atoms with Crippen molar-refractivity contribution in [1.29, 1.82) is 0 Å². The fourth-order valence-electron chi connectivity index (χ4n) is 3.63. The van der Waals surface area contributed by atoms with E-state index in [1.165, 1.54) is 16.7 Å². The highest BCUT2D eigenvalue weighted by Crippen LogP contribution is 2.23. The number of carbonyl (C=O) groups excluding carboxylic acids is 1. The number of primary amides is 1. The average Bonchev–Trinajstić information content (AvgIpc) is 3.21. The van der Waals surface area contributed by atoms with Crippen LogP contribution in [0.4, 0.5) is 13.2 Å². The van der Waals surface area contributed by atoms with Gasteiger partial charge in [0.2, 0.25) is 5.91 Å². The number of fused-ring (bicyclic) bond motifs is 1. The Morgan fingerprint density at radius 1 is 0.909 bits per heavy atom. The topological polar surface area (TPSA) is 92.4 Å².